The molecule has 0 fully saturated rings. The number of anilines is 1. The number of ketones is 1. The summed E-state index contributed by atoms with van der Waals surface area (Å²) >= 11 is 0. The molecule has 3 heteroatoms. The first kappa shape index (κ1) is 14.0. The first-order chi connectivity index (χ1) is 10.7. The maximum Gasteiger partial charge on any atom is 0.232 e. The summed E-state index contributed by atoms with van der Waals surface area (Å²) in [5.74, 6) is -0.483. The van der Waals surface area contributed by atoms with Crippen molar-refractivity contribution in [2.45, 2.75) is 6.42 Å². The zero-order chi connectivity index (χ0) is 15.4. The summed E-state index contributed by atoms with van der Waals surface area (Å²) in [5.41, 5.74) is 1.28. The zero-order valence-corrected chi connectivity index (χ0v) is 12.0. The molecule has 0 heterocycles. The Bertz CT molecular complexity index is 820. The van der Waals surface area contributed by atoms with Crippen molar-refractivity contribution in [3.8, 4) is 0 Å². The molecule has 1 amide bonds. The normalized spacial score (nSPS) is 10.4. The predicted molar refractivity (Wildman–Crippen MR) is 88.0 cm³/mol. The first-order valence-corrected chi connectivity index (χ1v) is 7.10. The predicted octanol–water partition coefficient (Wildman–Crippen LogP) is 4.05. The lowest BCUT2D eigenvalue weighted by atomic mass is 10.1. The molecule has 0 saturated heterocycles. The molecule has 0 aromatic heterocycles. The van der Waals surface area contributed by atoms with E-state index in [1.807, 2.05) is 48.5 Å². The van der Waals surface area contributed by atoms with Crippen molar-refractivity contribution in [3.05, 3.63) is 78.4 Å². The van der Waals surface area contributed by atoms with Crippen molar-refractivity contribution in [1.82, 2.24) is 0 Å². The van der Waals surface area contributed by atoms with Gasteiger partial charge in [0.15, 0.2) is 5.78 Å². The summed E-state index contributed by atoms with van der Waals surface area (Å²) in [7, 11) is 0. The van der Waals surface area contributed by atoms with Crippen LogP contribution in [0.3, 0.4) is 0 Å². The van der Waals surface area contributed by atoms with Crippen LogP contribution in [-0.4, -0.2) is 11.7 Å². The van der Waals surface area contributed by atoms with Gasteiger partial charge in [-0.3, -0.25) is 9.59 Å². The molecule has 3 nitrogen and oxygen atoms in total. The van der Waals surface area contributed by atoms with Crippen molar-refractivity contribution >= 4 is 28.2 Å². The third-order valence-corrected chi connectivity index (χ3v) is 3.48. The number of rotatable bonds is 4. The monoisotopic (exact) mass is 289 g/mol. The molecule has 3 rings (SSSR count). The molecule has 0 saturated carbocycles. The van der Waals surface area contributed by atoms with Crippen LogP contribution in [-0.2, 0) is 4.79 Å². The Morgan fingerprint density at radius 2 is 1.45 bits per heavy atom. The molecule has 108 valence electrons. The zero-order valence-electron chi connectivity index (χ0n) is 12.0. The Morgan fingerprint density at radius 3 is 2.27 bits per heavy atom. The minimum atomic E-state index is -0.301. The summed E-state index contributed by atoms with van der Waals surface area (Å²) in [6.07, 6.45) is -0.159. The van der Waals surface area contributed by atoms with Crippen molar-refractivity contribution in [2.24, 2.45) is 0 Å². The van der Waals surface area contributed by atoms with Crippen LogP contribution < -0.4 is 5.32 Å². The van der Waals surface area contributed by atoms with Gasteiger partial charge in [0, 0.05) is 16.6 Å². The molecular weight excluding hydrogens is 274 g/mol. The SMILES string of the molecule is O=C(CC(=O)c1ccccc1)Nc1cccc2ccccc12. The third kappa shape index (κ3) is 3.04. The first-order valence-electron chi connectivity index (χ1n) is 7.10. The molecule has 0 bridgehead atoms. The highest BCUT2D eigenvalue weighted by atomic mass is 16.2. The van der Waals surface area contributed by atoms with E-state index in [0.29, 0.717) is 5.56 Å². The van der Waals surface area contributed by atoms with Gasteiger partial charge in [0.05, 0.1) is 6.42 Å². The largest absolute Gasteiger partial charge is 0.325 e. The van der Waals surface area contributed by atoms with Gasteiger partial charge in [0.1, 0.15) is 0 Å². The van der Waals surface area contributed by atoms with E-state index in [9.17, 15) is 9.59 Å². The number of benzene rings is 3. The minimum Gasteiger partial charge on any atom is -0.325 e. The lowest BCUT2D eigenvalue weighted by Crippen LogP contribution is -2.16. The van der Waals surface area contributed by atoms with Gasteiger partial charge < -0.3 is 5.32 Å². The van der Waals surface area contributed by atoms with E-state index in [1.54, 1.807) is 24.3 Å². The highest BCUT2D eigenvalue weighted by molar-refractivity contribution is 6.12. The molecule has 1 N–H and O–H groups in total. The van der Waals surface area contributed by atoms with Crippen LogP contribution in [0.25, 0.3) is 10.8 Å². The van der Waals surface area contributed by atoms with Gasteiger partial charge in [-0.05, 0) is 11.5 Å². The van der Waals surface area contributed by atoms with E-state index in [4.69, 9.17) is 0 Å². The molecular formula is C19H15NO2. The number of hydrogen-bond donors (Lipinski definition) is 1. The topological polar surface area (TPSA) is 46.2 Å². The molecule has 3 aromatic carbocycles. The maximum absolute atomic E-state index is 12.1. The molecule has 22 heavy (non-hydrogen) atoms. The molecule has 0 unspecified atom stereocenters. The second-order valence-corrected chi connectivity index (χ2v) is 5.04. The van der Waals surface area contributed by atoms with Gasteiger partial charge in [-0.1, -0.05) is 66.7 Å². The number of nitrogens with one attached hydrogen (secondary N) is 1. The Balaban J connectivity index is 1.75. The summed E-state index contributed by atoms with van der Waals surface area (Å²) in [6.45, 7) is 0. The van der Waals surface area contributed by atoms with Gasteiger partial charge >= 0.3 is 0 Å². The van der Waals surface area contributed by atoms with Crippen molar-refractivity contribution in [3.63, 3.8) is 0 Å². The lowest BCUT2D eigenvalue weighted by molar-refractivity contribution is -0.115. The van der Waals surface area contributed by atoms with Crippen LogP contribution in [0.2, 0.25) is 0 Å². The summed E-state index contributed by atoms with van der Waals surface area (Å²) in [6, 6.07) is 22.4. The fraction of sp³-hybridized carbons (Fsp3) is 0.0526. The Labute approximate surface area is 128 Å². The fourth-order valence-corrected chi connectivity index (χ4v) is 2.40. The van der Waals surface area contributed by atoms with Crippen LogP contribution in [0.4, 0.5) is 5.69 Å². The molecule has 0 spiro atoms. The highest BCUT2D eigenvalue weighted by Crippen LogP contribution is 2.23. The van der Waals surface area contributed by atoms with Crippen molar-refractivity contribution < 1.29 is 9.59 Å². The Kier molecular flexibility index (Phi) is 3.97. The average Bonchev–Trinajstić information content (AvgIpc) is 2.56. The number of carbonyl (C=O) groups excluding carboxylic acids is 2. The van der Waals surface area contributed by atoms with E-state index in [1.165, 1.54) is 0 Å². The van der Waals surface area contributed by atoms with E-state index in [-0.39, 0.29) is 18.1 Å². The number of Topliss-reactive ketones (excluding diaryl/α,β-unsaturated/α-hetero) is 1. The van der Waals surface area contributed by atoms with Gasteiger partial charge in [-0.2, -0.15) is 0 Å². The van der Waals surface area contributed by atoms with Gasteiger partial charge in [0.25, 0.3) is 0 Å². The van der Waals surface area contributed by atoms with Gasteiger partial charge in [-0.25, -0.2) is 0 Å². The second kappa shape index (κ2) is 6.22. The van der Waals surface area contributed by atoms with E-state index in [2.05, 4.69) is 5.32 Å². The van der Waals surface area contributed by atoms with E-state index >= 15 is 0 Å². The fourth-order valence-electron chi connectivity index (χ4n) is 2.40. The minimum absolute atomic E-state index is 0.159. The number of carbonyl (C=O) groups is 2. The number of hydrogen-bond acceptors (Lipinski definition) is 2. The van der Waals surface area contributed by atoms with Crippen LogP contribution in [0, 0.1) is 0 Å². The second-order valence-electron chi connectivity index (χ2n) is 5.04. The van der Waals surface area contributed by atoms with E-state index < -0.39 is 0 Å². The molecule has 0 aliphatic rings. The van der Waals surface area contributed by atoms with Crippen LogP contribution in [0.15, 0.2) is 72.8 Å². The van der Waals surface area contributed by atoms with Crippen molar-refractivity contribution in [2.75, 3.05) is 5.32 Å². The molecule has 0 aliphatic carbocycles. The molecule has 3 aromatic rings. The Morgan fingerprint density at radius 1 is 0.773 bits per heavy atom. The van der Waals surface area contributed by atoms with E-state index in [0.717, 1.165) is 16.5 Å². The Hall–Kier alpha value is -2.94. The smallest absolute Gasteiger partial charge is 0.232 e. The number of fused-ring (bicyclic) bond motifs is 1. The lowest BCUT2D eigenvalue weighted by Gasteiger charge is -2.08. The summed E-state index contributed by atoms with van der Waals surface area (Å²) < 4.78 is 0. The standard InChI is InChI=1S/C19H15NO2/c21-18(15-8-2-1-3-9-15)13-19(22)20-17-12-6-10-14-7-4-5-11-16(14)17/h1-12H,13H2,(H,20,22). The molecule has 0 radical (unpaired) electrons. The van der Waals surface area contributed by atoms with Crippen molar-refractivity contribution in [1.29, 1.82) is 0 Å². The highest BCUT2D eigenvalue weighted by Gasteiger charge is 2.12. The average molecular weight is 289 g/mol. The van der Waals surface area contributed by atoms with Gasteiger partial charge in [-0.15, -0.1) is 0 Å². The van der Waals surface area contributed by atoms with Crippen LogP contribution in [0.1, 0.15) is 16.8 Å². The van der Waals surface area contributed by atoms with Crippen LogP contribution >= 0.6 is 0 Å². The summed E-state index contributed by atoms with van der Waals surface area (Å²) in [4.78, 5) is 24.2. The number of amides is 1. The maximum atomic E-state index is 12.1. The third-order valence-electron chi connectivity index (χ3n) is 3.48. The van der Waals surface area contributed by atoms with Gasteiger partial charge in [0.2, 0.25) is 5.91 Å². The quantitative estimate of drug-likeness (QED) is 0.581. The summed E-state index contributed by atoms with van der Waals surface area (Å²) in [5, 5.41) is 4.84. The van der Waals surface area contributed by atoms with Crippen LogP contribution in [0.5, 0.6) is 0 Å². The molecule has 0 atom stereocenters. The molecule has 0 aliphatic heterocycles.